The zero-order chi connectivity index (χ0) is 27.2. The zero-order valence-electron chi connectivity index (χ0n) is 22.1. The van der Waals surface area contributed by atoms with Crippen LogP contribution in [0.1, 0.15) is 18.4 Å². The number of hydrogen-bond donors (Lipinski definition) is 0. The van der Waals surface area contributed by atoms with Crippen molar-refractivity contribution in [2.75, 3.05) is 38.9 Å². The number of aryl methyl sites for hydroxylation is 1. The van der Waals surface area contributed by atoms with Gasteiger partial charge in [-0.2, -0.15) is 0 Å². The molecule has 1 aliphatic heterocycles. The minimum Gasteiger partial charge on any atom is -0.493 e. The first kappa shape index (κ1) is 26.4. The molecule has 0 aliphatic carbocycles. The van der Waals surface area contributed by atoms with Crippen LogP contribution in [0.15, 0.2) is 72.9 Å². The fourth-order valence-electron chi connectivity index (χ4n) is 4.87. The van der Waals surface area contributed by atoms with Crippen molar-refractivity contribution in [1.29, 1.82) is 0 Å². The monoisotopic (exact) mass is 530 g/mol. The number of aromatic nitrogens is 1. The number of nitrogens with zero attached hydrogens (tertiary/aromatic N) is 2. The van der Waals surface area contributed by atoms with E-state index in [0.29, 0.717) is 60.0 Å². The van der Waals surface area contributed by atoms with Gasteiger partial charge in [0.1, 0.15) is 11.3 Å². The third-order valence-electron chi connectivity index (χ3n) is 6.82. The highest BCUT2D eigenvalue weighted by Crippen LogP contribution is 2.39. The molecule has 1 fully saturated rings. The first-order valence-corrected chi connectivity index (χ1v) is 13.0. The van der Waals surface area contributed by atoms with Crippen LogP contribution in [0.2, 0.25) is 0 Å². The van der Waals surface area contributed by atoms with Gasteiger partial charge >= 0.3 is 0 Å². The van der Waals surface area contributed by atoms with Crippen LogP contribution in [0.5, 0.6) is 23.0 Å². The van der Waals surface area contributed by atoms with E-state index in [1.54, 1.807) is 48.5 Å². The number of carbonyl (C=O) groups excluding carboxylic acids is 1. The van der Waals surface area contributed by atoms with Gasteiger partial charge in [0.05, 0.1) is 20.8 Å². The molecule has 3 aromatic carbocycles. The molecule has 0 N–H and O–H groups in total. The van der Waals surface area contributed by atoms with Crippen molar-refractivity contribution in [3.8, 4) is 23.0 Å². The average molecular weight is 531 g/mol. The second-order valence-electron chi connectivity index (χ2n) is 9.46. The molecule has 1 saturated heterocycles. The van der Waals surface area contributed by atoms with Gasteiger partial charge in [-0.25, -0.2) is 4.39 Å². The molecule has 4 aromatic rings. The van der Waals surface area contributed by atoms with Gasteiger partial charge < -0.3 is 23.8 Å². The van der Waals surface area contributed by atoms with Crippen molar-refractivity contribution in [2.45, 2.75) is 19.3 Å². The van der Waals surface area contributed by atoms with Crippen LogP contribution in [-0.4, -0.2) is 44.9 Å². The summed E-state index contributed by atoms with van der Waals surface area (Å²) in [4.78, 5) is 18.7. The van der Waals surface area contributed by atoms with Crippen LogP contribution in [0.3, 0.4) is 0 Å². The third kappa shape index (κ3) is 5.96. The van der Waals surface area contributed by atoms with Gasteiger partial charge in [0.15, 0.2) is 23.1 Å². The molecule has 8 heteroatoms. The van der Waals surface area contributed by atoms with Crippen LogP contribution in [0, 0.1) is 11.7 Å². The molecule has 1 atom stereocenters. The Morgan fingerprint density at radius 2 is 1.79 bits per heavy atom. The molecule has 1 amide bonds. The number of methoxy groups -OCH3 is 2. The van der Waals surface area contributed by atoms with E-state index in [9.17, 15) is 4.79 Å². The molecule has 1 unspecified atom stereocenters. The number of ether oxygens (including phenoxy) is 4. The van der Waals surface area contributed by atoms with Crippen LogP contribution < -0.4 is 19.1 Å². The Hall–Kier alpha value is -4.17. The topological polar surface area (TPSA) is 70.1 Å². The number of fused-ring (bicyclic) bond motifs is 1. The van der Waals surface area contributed by atoms with Crippen LogP contribution in [0.4, 0.5) is 10.1 Å². The van der Waals surface area contributed by atoms with Crippen molar-refractivity contribution < 1.29 is 28.1 Å². The summed E-state index contributed by atoms with van der Waals surface area (Å²) in [5, 5.41) is 0.653. The molecule has 39 heavy (non-hydrogen) atoms. The van der Waals surface area contributed by atoms with Gasteiger partial charge in [0, 0.05) is 48.8 Å². The molecule has 2 heterocycles. The quantitative estimate of drug-likeness (QED) is 0.216. The molecular weight excluding hydrogens is 499 g/mol. The fraction of sp³-hybridized carbons (Fsp3) is 0.290. The van der Waals surface area contributed by atoms with E-state index in [1.807, 2.05) is 18.2 Å². The summed E-state index contributed by atoms with van der Waals surface area (Å²) in [6.07, 6.45) is 3.83. The van der Waals surface area contributed by atoms with Crippen molar-refractivity contribution in [2.24, 2.45) is 5.92 Å². The maximum absolute atomic E-state index is 15.2. The van der Waals surface area contributed by atoms with E-state index in [-0.39, 0.29) is 17.6 Å². The highest BCUT2D eigenvalue weighted by atomic mass is 19.1. The van der Waals surface area contributed by atoms with Gasteiger partial charge in [-0.05, 0) is 48.7 Å². The van der Waals surface area contributed by atoms with E-state index in [2.05, 4.69) is 17.1 Å². The lowest BCUT2D eigenvalue weighted by Gasteiger charge is -2.18. The van der Waals surface area contributed by atoms with Gasteiger partial charge in [-0.15, -0.1) is 0 Å². The maximum Gasteiger partial charge on any atom is 0.227 e. The lowest BCUT2D eigenvalue weighted by atomic mass is 10.1. The number of hydrogen-bond acceptors (Lipinski definition) is 6. The van der Waals surface area contributed by atoms with Gasteiger partial charge in [-0.1, -0.05) is 30.3 Å². The number of anilines is 1. The Morgan fingerprint density at radius 3 is 2.56 bits per heavy atom. The molecular formula is C31H31FN2O5. The summed E-state index contributed by atoms with van der Waals surface area (Å²) in [6.45, 7) is 1.64. The van der Waals surface area contributed by atoms with Gasteiger partial charge in [-0.3, -0.25) is 9.78 Å². The number of carbonyl (C=O) groups is 1. The first-order chi connectivity index (χ1) is 19.1. The Bertz CT molecular complexity index is 1450. The molecule has 0 radical (unpaired) electrons. The Morgan fingerprint density at radius 1 is 0.974 bits per heavy atom. The lowest BCUT2D eigenvalue weighted by molar-refractivity contribution is -0.117. The van der Waals surface area contributed by atoms with Crippen molar-refractivity contribution in [1.82, 2.24) is 4.98 Å². The Kier molecular flexibility index (Phi) is 8.22. The summed E-state index contributed by atoms with van der Waals surface area (Å²) >= 11 is 0. The Labute approximate surface area is 227 Å². The standard InChI is InChI=1S/C31H31FN2O5/c1-36-28-13-11-24-26(14-15-33-30(24)31(28)37-2)39-27-12-10-23(18-25(27)32)34-19-22(17-29(34)35)20-38-16-6-9-21-7-4-3-5-8-21/h3-5,7-8,10-15,18,22H,6,9,16-17,19-20H2,1-2H3. The van der Waals surface area contributed by atoms with E-state index >= 15 is 4.39 Å². The van der Waals surface area contributed by atoms with Crippen molar-refractivity contribution in [3.63, 3.8) is 0 Å². The number of benzene rings is 3. The SMILES string of the molecule is COc1ccc2c(Oc3ccc(N4CC(COCCCc5ccccc5)CC4=O)cc3F)ccnc2c1OC. The summed E-state index contributed by atoms with van der Waals surface area (Å²) in [5.74, 6) is 0.951. The molecule has 5 rings (SSSR count). The lowest BCUT2D eigenvalue weighted by Crippen LogP contribution is -2.25. The summed E-state index contributed by atoms with van der Waals surface area (Å²) < 4.78 is 37.7. The van der Waals surface area contributed by atoms with Crippen LogP contribution >= 0.6 is 0 Å². The normalized spacial score (nSPS) is 15.1. The van der Waals surface area contributed by atoms with E-state index in [4.69, 9.17) is 18.9 Å². The second-order valence-corrected chi connectivity index (χ2v) is 9.46. The number of halogens is 1. The van der Waals surface area contributed by atoms with Crippen LogP contribution in [0.25, 0.3) is 10.9 Å². The molecule has 7 nitrogen and oxygen atoms in total. The molecule has 0 saturated carbocycles. The van der Waals surface area contributed by atoms with Crippen molar-refractivity contribution >= 4 is 22.5 Å². The van der Waals surface area contributed by atoms with Gasteiger partial charge in [0.2, 0.25) is 5.91 Å². The first-order valence-electron chi connectivity index (χ1n) is 13.0. The van der Waals surface area contributed by atoms with E-state index in [0.717, 1.165) is 12.8 Å². The largest absolute Gasteiger partial charge is 0.493 e. The molecule has 1 aliphatic rings. The zero-order valence-corrected chi connectivity index (χ0v) is 22.1. The molecule has 202 valence electrons. The third-order valence-corrected chi connectivity index (χ3v) is 6.82. The summed E-state index contributed by atoms with van der Waals surface area (Å²) in [7, 11) is 3.09. The minimum atomic E-state index is -0.564. The predicted octanol–water partition coefficient (Wildman–Crippen LogP) is 6.19. The number of amides is 1. The fourth-order valence-corrected chi connectivity index (χ4v) is 4.87. The van der Waals surface area contributed by atoms with Gasteiger partial charge in [0.25, 0.3) is 0 Å². The molecule has 0 spiro atoms. The predicted molar refractivity (Wildman–Crippen MR) is 147 cm³/mol. The molecule has 0 bridgehead atoms. The smallest absolute Gasteiger partial charge is 0.227 e. The van der Waals surface area contributed by atoms with E-state index in [1.165, 1.54) is 18.7 Å². The second kappa shape index (κ2) is 12.1. The van der Waals surface area contributed by atoms with E-state index < -0.39 is 5.82 Å². The highest BCUT2D eigenvalue weighted by molar-refractivity contribution is 5.96. The maximum atomic E-state index is 15.2. The van der Waals surface area contributed by atoms with Crippen molar-refractivity contribution in [3.05, 3.63) is 84.3 Å². The average Bonchev–Trinajstić information content (AvgIpc) is 3.34. The van der Waals surface area contributed by atoms with Crippen LogP contribution in [-0.2, 0) is 16.0 Å². The molecule has 1 aromatic heterocycles. The summed E-state index contributed by atoms with van der Waals surface area (Å²) in [6, 6.07) is 20.1. The summed E-state index contributed by atoms with van der Waals surface area (Å²) in [5.41, 5.74) is 2.33. The highest BCUT2D eigenvalue weighted by Gasteiger charge is 2.31. The number of pyridine rings is 1. The Balaban J connectivity index is 1.21. The number of rotatable bonds is 11. The minimum absolute atomic E-state index is 0.0397.